The molecule has 0 atom stereocenters. The van der Waals surface area contributed by atoms with Gasteiger partial charge in [-0.2, -0.15) is 0 Å². The van der Waals surface area contributed by atoms with Crippen molar-refractivity contribution in [2.24, 2.45) is 0 Å². The molecule has 5 aromatic rings. The summed E-state index contributed by atoms with van der Waals surface area (Å²) in [6.45, 7) is 0.830. The average Bonchev–Trinajstić information content (AvgIpc) is 3.70. The third-order valence-corrected chi connectivity index (χ3v) is 6.57. The molecule has 1 saturated heterocycles. The molecule has 4 aromatic heterocycles. The zero-order valence-electron chi connectivity index (χ0n) is 19.1. The zero-order valence-corrected chi connectivity index (χ0v) is 19.1. The maximum atomic E-state index is 14.7. The second-order valence-electron chi connectivity index (χ2n) is 8.61. The van der Waals surface area contributed by atoms with E-state index in [1.807, 2.05) is 36.5 Å². The summed E-state index contributed by atoms with van der Waals surface area (Å²) < 4.78 is 18.2. The number of imidazole rings is 1. The lowest BCUT2D eigenvalue weighted by Crippen LogP contribution is -2.42. The van der Waals surface area contributed by atoms with Crippen LogP contribution < -0.4 is 0 Å². The smallest absolute Gasteiger partial charge is 0.295 e. The molecule has 5 heterocycles. The maximum absolute atomic E-state index is 14.7. The Hall–Kier alpha value is -4.67. The summed E-state index contributed by atoms with van der Waals surface area (Å²) in [4.78, 5) is 39.3. The minimum atomic E-state index is -0.762. The van der Waals surface area contributed by atoms with E-state index >= 15 is 0 Å². The molecular weight excluding hydrogens is 463 g/mol. The fraction of sp³-hybridized carbons (Fsp3) is 0.200. The number of H-pyrrole nitrogens is 1. The Morgan fingerprint density at radius 3 is 2.58 bits per heavy atom. The predicted molar refractivity (Wildman–Crippen MR) is 128 cm³/mol. The summed E-state index contributed by atoms with van der Waals surface area (Å²) in [5.41, 5.74) is 1.26. The second kappa shape index (κ2) is 8.84. The van der Waals surface area contributed by atoms with Crippen LogP contribution in [0.15, 0.2) is 67.5 Å². The number of piperidine rings is 1. The molecule has 1 amide bonds. The molecule has 0 unspecified atom stereocenters. The number of hydrogen-bond donors (Lipinski definition) is 1. The molecular formula is C25H21FN8O2. The van der Waals surface area contributed by atoms with E-state index in [-0.39, 0.29) is 28.3 Å². The van der Waals surface area contributed by atoms with E-state index in [1.54, 1.807) is 12.4 Å². The van der Waals surface area contributed by atoms with Gasteiger partial charge < -0.3 is 14.5 Å². The normalized spacial score (nSPS) is 14.4. The number of rotatable bonds is 5. The number of pyridine rings is 1. The number of halogens is 1. The van der Waals surface area contributed by atoms with Gasteiger partial charge in [-0.3, -0.25) is 9.59 Å². The highest BCUT2D eigenvalue weighted by Crippen LogP contribution is 2.30. The molecule has 0 saturated carbocycles. The third-order valence-electron chi connectivity index (χ3n) is 6.57. The first-order valence-electron chi connectivity index (χ1n) is 11.6. The van der Waals surface area contributed by atoms with Gasteiger partial charge in [-0.1, -0.05) is 35.5 Å². The maximum Gasteiger partial charge on any atom is 0.295 e. The number of nitrogens with one attached hydrogen (secondary N) is 1. The number of likely N-dealkylation sites (tertiary alicyclic amines) is 1. The average molecular weight is 484 g/mol. The topological polar surface area (TPSA) is 115 Å². The molecule has 36 heavy (non-hydrogen) atoms. The van der Waals surface area contributed by atoms with Crippen molar-refractivity contribution in [2.75, 3.05) is 13.1 Å². The van der Waals surface area contributed by atoms with Gasteiger partial charge in [0.15, 0.2) is 11.6 Å². The first-order valence-corrected chi connectivity index (χ1v) is 11.6. The minimum absolute atomic E-state index is 0.00894. The molecule has 6 rings (SSSR count). The number of ketones is 1. The van der Waals surface area contributed by atoms with Gasteiger partial charge >= 0.3 is 0 Å². The quantitative estimate of drug-likeness (QED) is 0.303. The van der Waals surface area contributed by atoms with E-state index in [0.717, 1.165) is 17.6 Å². The largest absolute Gasteiger partial charge is 0.357 e. The molecule has 1 aliphatic heterocycles. The number of benzene rings is 1. The lowest BCUT2D eigenvalue weighted by molar-refractivity contribution is -0.127. The number of carbonyl (C=O) groups excluding carboxylic acids is 2. The van der Waals surface area contributed by atoms with Gasteiger partial charge in [0, 0.05) is 43.3 Å². The van der Waals surface area contributed by atoms with Crippen molar-refractivity contribution in [1.82, 2.24) is 39.4 Å². The number of nitrogens with zero attached hydrogens (tertiary/aromatic N) is 7. The van der Waals surface area contributed by atoms with Crippen molar-refractivity contribution in [3.63, 3.8) is 0 Å². The van der Waals surface area contributed by atoms with E-state index in [0.29, 0.717) is 25.9 Å². The van der Waals surface area contributed by atoms with Crippen LogP contribution in [-0.4, -0.2) is 64.2 Å². The summed E-state index contributed by atoms with van der Waals surface area (Å²) in [6.07, 6.45) is 10.5. The summed E-state index contributed by atoms with van der Waals surface area (Å²) in [5.74, 6) is -0.949. The van der Waals surface area contributed by atoms with Crippen molar-refractivity contribution in [2.45, 2.75) is 18.9 Å². The van der Waals surface area contributed by atoms with E-state index in [4.69, 9.17) is 0 Å². The number of aromatic nitrogens is 7. The number of fused-ring (bicyclic) bond motifs is 1. The molecule has 0 spiro atoms. The molecule has 10 nitrogen and oxygen atoms in total. The number of aromatic amines is 1. The first kappa shape index (κ1) is 21.8. The Labute approximate surface area is 204 Å². The van der Waals surface area contributed by atoms with Gasteiger partial charge in [0.1, 0.15) is 5.82 Å². The lowest BCUT2D eigenvalue weighted by atomic mass is 10.0. The third kappa shape index (κ3) is 3.65. The number of amides is 1. The monoisotopic (exact) mass is 484 g/mol. The van der Waals surface area contributed by atoms with E-state index in [9.17, 15) is 14.0 Å². The molecule has 1 fully saturated rings. The Balaban J connectivity index is 1.21. The van der Waals surface area contributed by atoms with Crippen molar-refractivity contribution < 1.29 is 14.0 Å². The molecule has 180 valence electrons. The van der Waals surface area contributed by atoms with Crippen molar-refractivity contribution in [3.8, 4) is 17.2 Å². The van der Waals surface area contributed by atoms with Crippen LogP contribution in [0.2, 0.25) is 0 Å². The highest BCUT2D eigenvalue weighted by Gasteiger charge is 2.31. The van der Waals surface area contributed by atoms with Crippen LogP contribution in [0.1, 0.15) is 29.2 Å². The summed E-state index contributed by atoms with van der Waals surface area (Å²) in [6, 6.07) is 10.1. The van der Waals surface area contributed by atoms with Crippen LogP contribution in [0.3, 0.4) is 0 Å². The van der Waals surface area contributed by atoms with Crippen LogP contribution in [0, 0.1) is 5.82 Å². The van der Waals surface area contributed by atoms with Crippen LogP contribution in [0.4, 0.5) is 4.39 Å². The minimum Gasteiger partial charge on any atom is -0.357 e. The molecule has 0 aliphatic carbocycles. The van der Waals surface area contributed by atoms with Crippen molar-refractivity contribution in [3.05, 3.63) is 78.9 Å². The number of Topliss-reactive ketones (excluding diaryl/α,β-unsaturated/α-hetero) is 1. The lowest BCUT2D eigenvalue weighted by Gasteiger charge is -2.33. The first-order chi connectivity index (χ1) is 17.6. The summed E-state index contributed by atoms with van der Waals surface area (Å²) in [7, 11) is 0. The highest BCUT2D eigenvalue weighted by molar-refractivity contribution is 6.45. The van der Waals surface area contributed by atoms with Gasteiger partial charge in [0.25, 0.3) is 11.7 Å². The van der Waals surface area contributed by atoms with E-state index in [1.165, 1.54) is 22.0 Å². The summed E-state index contributed by atoms with van der Waals surface area (Å²) >= 11 is 0. The van der Waals surface area contributed by atoms with Crippen LogP contribution in [0.25, 0.3) is 28.1 Å². The standard InChI is InChI=1S/C25H21FN8O2/c26-19-15-29-24(34-13-9-30-31-34)21-20(19)18(14-28-21)22(35)25(36)32-10-6-17(7-11-32)33-12-8-27-23(33)16-4-2-1-3-5-16/h1-5,8-9,12-15,17,28H,6-7,10-11H2. The number of carbonyl (C=O) groups is 2. The predicted octanol–water partition coefficient (Wildman–Crippen LogP) is 3.19. The zero-order chi connectivity index (χ0) is 24.6. The van der Waals surface area contributed by atoms with Gasteiger partial charge in [-0.25, -0.2) is 19.0 Å². The highest BCUT2D eigenvalue weighted by atomic mass is 19.1. The van der Waals surface area contributed by atoms with E-state index < -0.39 is 17.5 Å². The van der Waals surface area contributed by atoms with Crippen LogP contribution >= 0.6 is 0 Å². The van der Waals surface area contributed by atoms with Crippen LogP contribution in [0.5, 0.6) is 0 Å². The van der Waals surface area contributed by atoms with E-state index in [2.05, 4.69) is 29.8 Å². The van der Waals surface area contributed by atoms with Gasteiger partial charge in [0.2, 0.25) is 0 Å². The molecule has 0 radical (unpaired) electrons. The Bertz CT molecular complexity index is 1550. The molecule has 1 aliphatic rings. The second-order valence-corrected chi connectivity index (χ2v) is 8.61. The molecule has 1 N–H and O–H groups in total. The van der Waals surface area contributed by atoms with Crippen LogP contribution in [-0.2, 0) is 4.79 Å². The number of hydrogen-bond acceptors (Lipinski definition) is 6. The van der Waals surface area contributed by atoms with Gasteiger partial charge in [-0.05, 0) is 12.8 Å². The van der Waals surface area contributed by atoms with Crippen molar-refractivity contribution in [1.29, 1.82) is 0 Å². The Morgan fingerprint density at radius 2 is 1.83 bits per heavy atom. The van der Waals surface area contributed by atoms with Gasteiger partial charge in [-0.15, -0.1) is 5.10 Å². The Kier molecular flexibility index (Phi) is 5.36. The van der Waals surface area contributed by atoms with Gasteiger partial charge in [0.05, 0.1) is 35.1 Å². The molecule has 0 bridgehead atoms. The molecule has 11 heteroatoms. The summed E-state index contributed by atoms with van der Waals surface area (Å²) in [5, 5.41) is 7.62. The fourth-order valence-electron chi connectivity index (χ4n) is 4.79. The van der Waals surface area contributed by atoms with Crippen molar-refractivity contribution >= 4 is 22.6 Å². The molecule has 1 aromatic carbocycles. The SMILES string of the molecule is O=C(C(=O)N1CCC(n2ccnc2-c2ccccc2)CC1)c1c[nH]c2c(-n3ccnn3)ncc(F)c12. The fourth-order valence-corrected chi connectivity index (χ4v) is 4.79. The Morgan fingerprint density at radius 1 is 1.03 bits per heavy atom.